The second-order valence-electron chi connectivity index (χ2n) is 6.01. The summed E-state index contributed by atoms with van der Waals surface area (Å²) in [6, 6.07) is 5.83. The molecule has 1 saturated heterocycles. The molecule has 2 aliphatic rings. The number of fused-ring (bicyclic) bond motifs is 1. The first-order valence-electron chi connectivity index (χ1n) is 6.90. The number of carbonyl (C=O) groups excluding carboxylic acids is 1. The van der Waals surface area contributed by atoms with Crippen molar-refractivity contribution in [3.63, 3.8) is 0 Å². The quantitative estimate of drug-likeness (QED) is 0.874. The van der Waals surface area contributed by atoms with E-state index in [-0.39, 0.29) is 5.91 Å². The van der Waals surface area contributed by atoms with Gasteiger partial charge in [-0.3, -0.25) is 15.1 Å². The zero-order valence-electron chi connectivity index (χ0n) is 11.7. The van der Waals surface area contributed by atoms with Gasteiger partial charge in [0.05, 0.1) is 0 Å². The van der Waals surface area contributed by atoms with Crippen molar-refractivity contribution in [3.8, 4) is 0 Å². The molecule has 106 valence electrons. The Bertz CT molecular complexity index is 597. The van der Waals surface area contributed by atoms with E-state index < -0.39 is 5.54 Å². The fraction of sp³-hybridized carbons (Fsp3) is 0.467. The van der Waals surface area contributed by atoms with E-state index in [1.54, 1.807) is 0 Å². The van der Waals surface area contributed by atoms with Crippen LogP contribution in [0.5, 0.6) is 0 Å². The van der Waals surface area contributed by atoms with Gasteiger partial charge in [0.25, 0.3) is 5.91 Å². The predicted octanol–water partition coefficient (Wildman–Crippen LogP) is 1.91. The highest BCUT2D eigenvalue weighted by Gasteiger charge is 2.49. The van der Waals surface area contributed by atoms with E-state index >= 15 is 0 Å². The summed E-state index contributed by atoms with van der Waals surface area (Å²) in [5.41, 5.74) is 1.75. The van der Waals surface area contributed by atoms with E-state index in [0.717, 1.165) is 5.56 Å². The SMILES string of the molecule is CC(C)CN=C1NC(=O)C2(Cc3ccc(Cl)cc3C2)N1. The molecule has 1 heterocycles. The first kappa shape index (κ1) is 13.4. The summed E-state index contributed by atoms with van der Waals surface area (Å²) >= 11 is 6.02. The van der Waals surface area contributed by atoms with Gasteiger partial charge in [-0.1, -0.05) is 31.5 Å². The van der Waals surface area contributed by atoms with Crippen molar-refractivity contribution < 1.29 is 4.79 Å². The normalized spacial score (nSPS) is 26.2. The van der Waals surface area contributed by atoms with Crippen molar-refractivity contribution >= 4 is 23.5 Å². The van der Waals surface area contributed by atoms with Crippen LogP contribution in [0.1, 0.15) is 25.0 Å². The van der Waals surface area contributed by atoms with Gasteiger partial charge in [-0.05, 0) is 29.2 Å². The van der Waals surface area contributed by atoms with E-state index in [4.69, 9.17) is 11.6 Å². The molecule has 1 amide bonds. The highest BCUT2D eigenvalue weighted by Crippen LogP contribution is 2.33. The van der Waals surface area contributed by atoms with Crippen LogP contribution in [0.2, 0.25) is 5.02 Å². The highest BCUT2D eigenvalue weighted by atomic mass is 35.5. The van der Waals surface area contributed by atoms with Gasteiger partial charge in [0.1, 0.15) is 5.54 Å². The third kappa shape index (κ3) is 2.29. The van der Waals surface area contributed by atoms with Crippen LogP contribution < -0.4 is 10.6 Å². The van der Waals surface area contributed by atoms with Gasteiger partial charge in [0, 0.05) is 24.4 Å². The minimum absolute atomic E-state index is 0.00679. The van der Waals surface area contributed by atoms with Crippen LogP contribution in [0.3, 0.4) is 0 Å². The largest absolute Gasteiger partial charge is 0.341 e. The summed E-state index contributed by atoms with van der Waals surface area (Å²) in [5, 5.41) is 6.86. The third-order valence-electron chi connectivity index (χ3n) is 3.79. The lowest BCUT2D eigenvalue weighted by Crippen LogP contribution is -2.47. The van der Waals surface area contributed by atoms with Crippen molar-refractivity contribution in [2.24, 2.45) is 10.9 Å². The molecule has 5 heteroatoms. The minimum atomic E-state index is -0.581. The average molecular weight is 292 g/mol. The topological polar surface area (TPSA) is 53.5 Å². The molecular weight excluding hydrogens is 274 g/mol. The van der Waals surface area contributed by atoms with Crippen molar-refractivity contribution in [1.29, 1.82) is 0 Å². The van der Waals surface area contributed by atoms with Crippen LogP contribution in [0.15, 0.2) is 23.2 Å². The summed E-state index contributed by atoms with van der Waals surface area (Å²) in [7, 11) is 0. The van der Waals surface area contributed by atoms with Crippen molar-refractivity contribution in [3.05, 3.63) is 34.3 Å². The number of halogens is 1. The lowest BCUT2D eigenvalue weighted by Gasteiger charge is -2.19. The molecule has 1 aliphatic heterocycles. The molecule has 1 aromatic rings. The van der Waals surface area contributed by atoms with Crippen molar-refractivity contribution in [2.75, 3.05) is 6.54 Å². The lowest BCUT2D eigenvalue weighted by molar-refractivity contribution is -0.123. The van der Waals surface area contributed by atoms with Crippen LogP contribution in [0, 0.1) is 5.92 Å². The lowest BCUT2D eigenvalue weighted by atomic mass is 9.96. The second kappa shape index (κ2) is 4.77. The fourth-order valence-corrected chi connectivity index (χ4v) is 2.98. The molecular formula is C15H18ClN3O. The maximum Gasteiger partial charge on any atom is 0.253 e. The Balaban J connectivity index is 1.82. The zero-order chi connectivity index (χ0) is 14.3. The highest BCUT2D eigenvalue weighted by molar-refractivity contribution is 6.30. The Kier molecular flexibility index (Phi) is 3.21. The minimum Gasteiger partial charge on any atom is -0.341 e. The number of nitrogens with zero attached hydrogens (tertiary/aromatic N) is 1. The molecule has 0 bridgehead atoms. The number of benzene rings is 1. The standard InChI is InChI=1S/C15H18ClN3O/c1-9(2)8-17-14-18-13(20)15(19-14)6-10-3-4-12(16)5-11(10)7-15/h3-5,9H,6-8H2,1-2H3,(H2,17,18,19,20). The third-order valence-corrected chi connectivity index (χ3v) is 4.03. The Morgan fingerprint density at radius 2 is 2.10 bits per heavy atom. The van der Waals surface area contributed by atoms with Crippen molar-refractivity contribution in [1.82, 2.24) is 10.6 Å². The summed E-state index contributed by atoms with van der Waals surface area (Å²) in [6.07, 6.45) is 1.35. The molecule has 0 aromatic heterocycles. The molecule has 1 aliphatic carbocycles. The number of nitrogens with one attached hydrogen (secondary N) is 2. The van der Waals surface area contributed by atoms with Crippen LogP contribution in [-0.4, -0.2) is 24.0 Å². The van der Waals surface area contributed by atoms with Gasteiger partial charge in [-0.2, -0.15) is 0 Å². The molecule has 1 aromatic carbocycles. The number of hydrogen-bond donors (Lipinski definition) is 2. The molecule has 0 radical (unpaired) electrons. The molecule has 20 heavy (non-hydrogen) atoms. The monoisotopic (exact) mass is 291 g/mol. The number of aliphatic imine (C=N–C) groups is 1. The van der Waals surface area contributed by atoms with E-state index in [9.17, 15) is 4.79 Å². The van der Waals surface area contributed by atoms with Crippen LogP contribution in [-0.2, 0) is 17.6 Å². The summed E-state index contributed by atoms with van der Waals surface area (Å²) < 4.78 is 0. The number of amides is 1. The van der Waals surface area contributed by atoms with Crippen LogP contribution >= 0.6 is 11.6 Å². The Morgan fingerprint density at radius 3 is 2.85 bits per heavy atom. The van der Waals surface area contributed by atoms with Gasteiger partial charge < -0.3 is 5.32 Å². The van der Waals surface area contributed by atoms with Gasteiger partial charge >= 0.3 is 0 Å². The number of rotatable bonds is 2. The van der Waals surface area contributed by atoms with Gasteiger partial charge in [-0.15, -0.1) is 0 Å². The Labute approximate surface area is 123 Å². The average Bonchev–Trinajstić information content (AvgIpc) is 2.88. The number of guanidine groups is 1. The Hall–Kier alpha value is -1.55. The van der Waals surface area contributed by atoms with E-state index in [1.165, 1.54) is 5.56 Å². The first-order chi connectivity index (χ1) is 9.48. The molecule has 1 spiro atoms. The summed E-state index contributed by atoms with van der Waals surface area (Å²) in [6.45, 7) is 4.91. The van der Waals surface area contributed by atoms with Gasteiger partial charge in [-0.25, -0.2) is 0 Å². The fourth-order valence-electron chi connectivity index (χ4n) is 2.79. The summed E-state index contributed by atoms with van der Waals surface area (Å²) in [5.74, 6) is 1.08. The van der Waals surface area contributed by atoms with Gasteiger partial charge in [0.2, 0.25) is 0 Å². The van der Waals surface area contributed by atoms with Gasteiger partial charge in [0.15, 0.2) is 5.96 Å². The zero-order valence-corrected chi connectivity index (χ0v) is 12.4. The maximum absolute atomic E-state index is 12.3. The molecule has 0 saturated carbocycles. The predicted molar refractivity (Wildman–Crippen MR) is 80.0 cm³/mol. The molecule has 2 N–H and O–H groups in total. The second-order valence-corrected chi connectivity index (χ2v) is 6.45. The Morgan fingerprint density at radius 1 is 1.35 bits per heavy atom. The molecule has 1 atom stereocenters. The first-order valence-corrected chi connectivity index (χ1v) is 7.28. The molecule has 1 fully saturated rings. The molecule has 4 nitrogen and oxygen atoms in total. The van der Waals surface area contributed by atoms with Crippen LogP contribution in [0.25, 0.3) is 0 Å². The summed E-state index contributed by atoms with van der Waals surface area (Å²) in [4.78, 5) is 16.7. The molecule has 3 rings (SSSR count). The number of carbonyl (C=O) groups is 1. The van der Waals surface area contributed by atoms with E-state index in [0.29, 0.717) is 36.3 Å². The maximum atomic E-state index is 12.3. The van der Waals surface area contributed by atoms with E-state index in [1.807, 2.05) is 18.2 Å². The van der Waals surface area contributed by atoms with Crippen molar-refractivity contribution in [2.45, 2.75) is 32.2 Å². The molecule has 1 unspecified atom stereocenters. The van der Waals surface area contributed by atoms with E-state index in [2.05, 4.69) is 29.5 Å². The van der Waals surface area contributed by atoms with Crippen LogP contribution in [0.4, 0.5) is 0 Å². The smallest absolute Gasteiger partial charge is 0.253 e. The number of hydrogen-bond acceptors (Lipinski definition) is 2.